The van der Waals surface area contributed by atoms with Crippen molar-refractivity contribution in [1.82, 2.24) is 9.80 Å². The van der Waals surface area contributed by atoms with Crippen LogP contribution in [0.2, 0.25) is 0 Å². The highest BCUT2D eigenvalue weighted by atomic mass is 16.5. The van der Waals surface area contributed by atoms with E-state index in [2.05, 4.69) is 21.7 Å². The van der Waals surface area contributed by atoms with E-state index < -0.39 is 11.2 Å². The number of phenols is 1. The lowest BCUT2D eigenvalue weighted by molar-refractivity contribution is 0.157. The van der Waals surface area contributed by atoms with Crippen LogP contribution >= 0.6 is 0 Å². The van der Waals surface area contributed by atoms with Gasteiger partial charge >= 0.3 is 0 Å². The number of phenolic OH excluding ortho intramolecular Hbond substituents is 1. The molecule has 1 aliphatic rings. The van der Waals surface area contributed by atoms with Crippen LogP contribution in [-0.2, 0) is 0 Å². The number of rotatable bonds is 6. The van der Waals surface area contributed by atoms with Gasteiger partial charge in [-0.1, -0.05) is 0 Å². The summed E-state index contributed by atoms with van der Waals surface area (Å²) in [4.78, 5) is 19.7. The molecule has 32 heavy (non-hydrogen) atoms. The molecule has 1 saturated heterocycles. The minimum Gasteiger partial charge on any atom is -0.504 e. The molecule has 2 N–H and O–H groups in total. The van der Waals surface area contributed by atoms with Gasteiger partial charge in [0.05, 0.1) is 12.5 Å². The van der Waals surface area contributed by atoms with Gasteiger partial charge in [0.25, 0.3) is 0 Å². The average molecular weight is 440 g/mol. The first-order chi connectivity index (χ1) is 15.4. The van der Waals surface area contributed by atoms with E-state index in [0.717, 1.165) is 45.0 Å². The molecule has 8 heteroatoms. The van der Waals surface area contributed by atoms with Crippen LogP contribution < -0.4 is 15.1 Å². The Balaban J connectivity index is 1.56. The van der Waals surface area contributed by atoms with Gasteiger partial charge in [-0.25, -0.2) is 0 Å². The summed E-state index contributed by atoms with van der Waals surface area (Å²) in [5.74, 6) is -0.516. The van der Waals surface area contributed by atoms with E-state index in [1.165, 1.54) is 19.2 Å². The van der Waals surface area contributed by atoms with Crippen molar-refractivity contribution in [3.8, 4) is 28.6 Å². The van der Waals surface area contributed by atoms with Crippen molar-refractivity contribution >= 4 is 16.7 Å². The molecule has 1 aliphatic heterocycles. The van der Waals surface area contributed by atoms with Crippen molar-refractivity contribution < 1.29 is 19.4 Å². The summed E-state index contributed by atoms with van der Waals surface area (Å²) in [5.41, 5.74) is 1.11. The Bertz CT molecular complexity index is 1150. The average Bonchev–Trinajstić information content (AvgIpc) is 2.81. The van der Waals surface area contributed by atoms with Crippen molar-refractivity contribution in [3.05, 3.63) is 46.6 Å². The smallest absolute Gasteiger partial charge is 0.235 e. The molecule has 0 bridgehead atoms. The molecular formula is C24H29N3O5. The SMILES string of the molecule is COc1c(O)ccc2c(=O)c(O)c(-c3ccc(N(C)CCN4CCN(C)CC4)cc3)oc12. The summed E-state index contributed by atoms with van der Waals surface area (Å²) in [5, 5.41) is 20.6. The fourth-order valence-electron chi connectivity index (χ4n) is 3.97. The Hall–Kier alpha value is -3.23. The molecule has 3 aromatic rings. The summed E-state index contributed by atoms with van der Waals surface area (Å²) in [7, 11) is 5.58. The number of ether oxygens (including phenoxy) is 1. The Morgan fingerprint density at radius 2 is 1.75 bits per heavy atom. The van der Waals surface area contributed by atoms with E-state index in [1.807, 2.05) is 19.2 Å². The van der Waals surface area contributed by atoms with Crippen LogP contribution in [0.3, 0.4) is 0 Å². The zero-order valence-electron chi connectivity index (χ0n) is 18.7. The zero-order chi connectivity index (χ0) is 22.8. The van der Waals surface area contributed by atoms with Crippen LogP contribution in [-0.4, -0.2) is 80.5 Å². The van der Waals surface area contributed by atoms with Gasteiger partial charge in [-0.2, -0.15) is 0 Å². The second-order valence-electron chi connectivity index (χ2n) is 8.22. The van der Waals surface area contributed by atoms with E-state index in [1.54, 1.807) is 12.1 Å². The summed E-state index contributed by atoms with van der Waals surface area (Å²) in [6.07, 6.45) is 0. The fourth-order valence-corrected chi connectivity index (χ4v) is 3.97. The van der Waals surface area contributed by atoms with Gasteiger partial charge in [-0.3, -0.25) is 9.69 Å². The number of piperazine rings is 1. The van der Waals surface area contributed by atoms with Gasteiger partial charge < -0.3 is 29.2 Å². The minimum atomic E-state index is -0.576. The third kappa shape index (κ3) is 4.24. The number of likely N-dealkylation sites (N-methyl/N-ethyl adjacent to an activating group) is 2. The molecule has 0 radical (unpaired) electrons. The van der Waals surface area contributed by atoms with Crippen LogP contribution in [0.5, 0.6) is 17.2 Å². The van der Waals surface area contributed by atoms with Crippen LogP contribution in [0, 0.1) is 0 Å². The summed E-state index contributed by atoms with van der Waals surface area (Å²) >= 11 is 0. The molecule has 1 fully saturated rings. The molecule has 2 heterocycles. The first kappa shape index (κ1) is 22.0. The molecule has 0 atom stereocenters. The van der Waals surface area contributed by atoms with Crippen LogP contribution in [0.1, 0.15) is 0 Å². The molecule has 4 rings (SSSR count). The number of nitrogens with zero attached hydrogens (tertiary/aromatic N) is 3. The van der Waals surface area contributed by atoms with Gasteiger partial charge in [0.2, 0.25) is 16.9 Å². The zero-order valence-corrected chi connectivity index (χ0v) is 18.7. The standard InChI is InChI=1S/C24H29N3O5/c1-25-10-13-27(14-11-25)15-12-26(2)17-6-4-16(5-7-17)22-21(30)20(29)18-8-9-19(28)24(31-3)23(18)32-22/h4-9,28,30H,10-15H2,1-3H3. The van der Waals surface area contributed by atoms with Crippen molar-refractivity contribution in [2.75, 3.05) is 65.4 Å². The lowest BCUT2D eigenvalue weighted by atomic mass is 10.1. The third-order valence-corrected chi connectivity index (χ3v) is 6.09. The number of anilines is 1. The number of aromatic hydroxyl groups is 2. The molecule has 0 unspecified atom stereocenters. The quantitative estimate of drug-likeness (QED) is 0.606. The topological polar surface area (TPSA) is 89.6 Å². The normalized spacial score (nSPS) is 15.2. The summed E-state index contributed by atoms with van der Waals surface area (Å²) in [6, 6.07) is 10.2. The monoisotopic (exact) mass is 439 g/mol. The summed E-state index contributed by atoms with van der Waals surface area (Å²) < 4.78 is 11.0. The second-order valence-corrected chi connectivity index (χ2v) is 8.22. The van der Waals surface area contributed by atoms with Crippen molar-refractivity contribution in [2.24, 2.45) is 0 Å². The Labute approximate surface area is 186 Å². The Morgan fingerprint density at radius 3 is 2.41 bits per heavy atom. The molecular weight excluding hydrogens is 410 g/mol. The van der Waals surface area contributed by atoms with Crippen molar-refractivity contribution in [3.63, 3.8) is 0 Å². The largest absolute Gasteiger partial charge is 0.504 e. The van der Waals surface area contributed by atoms with E-state index in [0.29, 0.717) is 5.56 Å². The Kier molecular flexibility index (Phi) is 6.25. The van der Waals surface area contributed by atoms with Gasteiger partial charge in [0.15, 0.2) is 17.1 Å². The van der Waals surface area contributed by atoms with Crippen LogP contribution in [0.25, 0.3) is 22.3 Å². The predicted octanol–water partition coefficient (Wildman–Crippen LogP) is 2.56. The van der Waals surface area contributed by atoms with Gasteiger partial charge in [-0.05, 0) is 43.4 Å². The van der Waals surface area contributed by atoms with E-state index in [4.69, 9.17) is 9.15 Å². The number of fused-ring (bicyclic) bond motifs is 1. The maximum Gasteiger partial charge on any atom is 0.235 e. The van der Waals surface area contributed by atoms with Gasteiger partial charge in [-0.15, -0.1) is 0 Å². The maximum absolute atomic E-state index is 12.7. The van der Waals surface area contributed by atoms with E-state index in [-0.39, 0.29) is 28.2 Å². The van der Waals surface area contributed by atoms with Crippen LogP contribution in [0.4, 0.5) is 5.69 Å². The minimum absolute atomic E-state index is 0.0399. The first-order valence-corrected chi connectivity index (χ1v) is 10.7. The number of hydrogen-bond acceptors (Lipinski definition) is 8. The lowest BCUT2D eigenvalue weighted by Gasteiger charge is -2.33. The highest BCUT2D eigenvalue weighted by Gasteiger charge is 2.20. The fraction of sp³-hybridized carbons (Fsp3) is 0.375. The first-order valence-electron chi connectivity index (χ1n) is 10.7. The molecule has 2 aromatic carbocycles. The molecule has 0 saturated carbocycles. The number of hydrogen-bond donors (Lipinski definition) is 2. The highest BCUT2D eigenvalue weighted by Crippen LogP contribution is 2.38. The highest BCUT2D eigenvalue weighted by molar-refractivity contribution is 5.88. The third-order valence-electron chi connectivity index (χ3n) is 6.09. The molecule has 0 spiro atoms. The predicted molar refractivity (Wildman–Crippen MR) is 125 cm³/mol. The lowest BCUT2D eigenvalue weighted by Crippen LogP contribution is -2.46. The van der Waals surface area contributed by atoms with Crippen LogP contribution in [0.15, 0.2) is 45.6 Å². The summed E-state index contributed by atoms with van der Waals surface area (Å²) in [6.45, 7) is 6.26. The van der Waals surface area contributed by atoms with Crippen molar-refractivity contribution in [2.45, 2.75) is 0 Å². The molecule has 170 valence electrons. The number of benzene rings is 2. The molecule has 8 nitrogen and oxygen atoms in total. The Morgan fingerprint density at radius 1 is 1.06 bits per heavy atom. The van der Waals surface area contributed by atoms with Gasteiger partial charge in [0.1, 0.15) is 0 Å². The maximum atomic E-state index is 12.7. The van der Waals surface area contributed by atoms with Gasteiger partial charge in [0, 0.05) is 57.6 Å². The van der Waals surface area contributed by atoms with Crippen molar-refractivity contribution in [1.29, 1.82) is 0 Å². The van der Waals surface area contributed by atoms with E-state index in [9.17, 15) is 15.0 Å². The number of methoxy groups -OCH3 is 1. The molecule has 0 amide bonds. The molecule has 0 aliphatic carbocycles. The molecule has 1 aromatic heterocycles. The second kappa shape index (κ2) is 9.10. The van der Waals surface area contributed by atoms with E-state index >= 15 is 0 Å².